The van der Waals surface area contributed by atoms with Gasteiger partial charge in [-0.3, -0.25) is 0 Å². The Hall–Kier alpha value is -1.00. The summed E-state index contributed by atoms with van der Waals surface area (Å²) in [7, 11) is 3.69. The van der Waals surface area contributed by atoms with Gasteiger partial charge in [-0.1, -0.05) is 6.07 Å². The molecule has 0 saturated carbocycles. The summed E-state index contributed by atoms with van der Waals surface area (Å²) in [6.45, 7) is 2.13. The highest BCUT2D eigenvalue weighted by atomic mass is 19.1. The molecule has 0 aliphatic rings. The van der Waals surface area contributed by atoms with Gasteiger partial charge in [0.05, 0.1) is 11.7 Å². The first-order chi connectivity index (χ1) is 7.43. The van der Waals surface area contributed by atoms with Crippen LogP contribution in [0.15, 0.2) is 12.1 Å². The second kappa shape index (κ2) is 5.37. The van der Waals surface area contributed by atoms with Crippen molar-refractivity contribution in [3.63, 3.8) is 0 Å². The van der Waals surface area contributed by atoms with Crippen molar-refractivity contribution in [2.24, 2.45) is 0 Å². The number of aliphatic hydroxyl groups excluding tert-OH is 1. The van der Waals surface area contributed by atoms with E-state index in [2.05, 4.69) is 0 Å². The average molecular weight is 229 g/mol. The first-order valence-electron chi connectivity index (χ1n) is 5.20. The Morgan fingerprint density at radius 2 is 1.94 bits per heavy atom. The molecule has 0 fully saturated rings. The minimum absolute atomic E-state index is 0.221. The molecular formula is C12H17F2NO. The van der Waals surface area contributed by atoms with E-state index < -0.39 is 17.7 Å². The van der Waals surface area contributed by atoms with Gasteiger partial charge in [-0.05, 0) is 39.1 Å². The minimum Gasteiger partial charge on any atom is -0.388 e. The number of rotatable bonds is 4. The zero-order chi connectivity index (χ0) is 12.3. The predicted molar refractivity (Wildman–Crippen MR) is 59.2 cm³/mol. The Morgan fingerprint density at radius 3 is 2.50 bits per heavy atom. The smallest absolute Gasteiger partial charge is 0.134 e. The molecule has 0 amide bonds. The average Bonchev–Trinajstić information content (AvgIpc) is 2.21. The lowest BCUT2D eigenvalue weighted by atomic mass is 10.0. The Morgan fingerprint density at radius 1 is 1.31 bits per heavy atom. The Labute approximate surface area is 94.5 Å². The molecule has 1 aromatic carbocycles. The van der Waals surface area contributed by atoms with Gasteiger partial charge in [-0.2, -0.15) is 0 Å². The molecule has 0 spiro atoms. The van der Waals surface area contributed by atoms with Gasteiger partial charge < -0.3 is 10.0 Å². The van der Waals surface area contributed by atoms with Crippen LogP contribution < -0.4 is 0 Å². The Balaban J connectivity index is 2.90. The summed E-state index contributed by atoms with van der Waals surface area (Å²) in [4.78, 5) is 1.86. The van der Waals surface area contributed by atoms with Crippen molar-refractivity contribution in [3.8, 4) is 0 Å². The van der Waals surface area contributed by atoms with E-state index in [9.17, 15) is 13.9 Å². The quantitative estimate of drug-likeness (QED) is 0.856. The molecule has 0 aromatic heterocycles. The molecule has 1 rings (SSSR count). The van der Waals surface area contributed by atoms with E-state index in [-0.39, 0.29) is 5.56 Å². The number of benzene rings is 1. The van der Waals surface area contributed by atoms with E-state index in [0.717, 1.165) is 0 Å². The van der Waals surface area contributed by atoms with Crippen LogP contribution in [0.4, 0.5) is 8.78 Å². The van der Waals surface area contributed by atoms with E-state index in [4.69, 9.17) is 0 Å². The molecule has 4 heteroatoms. The zero-order valence-electron chi connectivity index (χ0n) is 9.80. The highest BCUT2D eigenvalue weighted by Crippen LogP contribution is 2.25. The van der Waals surface area contributed by atoms with E-state index in [1.165, 1.54) is 12.1 Å². The maximum Gasteiger partial charge on any atom is 0.134 e. The lowest BCUT2D eigenvalue weighted by Gasteiger charge is -2.16. The topological polar surface area (TPSA) is 23.5 Å². The maximum atomic E-state index is 13.6. The second-order valence-electron chi connectivity index (χ2n) is 4.20. The summed E-state index contributed by atoms with van der Waals surface area (Å²) < 4.78 is 27.0. The van der Waals surface area contributed by atoms with Gasteiger partial charge in [0, 0.05) is 6.54 Å². The number of aliphatic hydroxyl groups is 1. The third kappa shape index (κ3) is 3.00. The molecule has 1 atom stereocenters. The van der Waals surface area contributed by atoms with Crippen molar-refractivity contribution < 1.29 is 13.9 Å². The Bertz CT molecular complexity index is 366. The molecule has 0 bridgehead atoms. The predicted octanol–water partition coefficient (Wildman–Crippen LogP) is 2.26. The molecule has 90 valence electrons. The minimum atomic E-state index is -1.10. The van der Waals surface area contributed by atoms with Gasteiger partial charge in [0.25, 0.3) is 0 Å². The lowest BCUT2D eigenvalue weighted by Crippen LogP contribution is -2.17. The number of halogens is 2. The molecule has 0 aliphatic carbocycles. The van der Waals surface area contributed by atoms with Crippen molar-refractivity contribution in [1.82, 2.24) is 4.90 Å². The number of hydrogen-bond donors (Lipinski definition) is 1. The van der Waals surface area contributed by atoms with Gasteiger partial charge in [0.1, 0.15) is 11.6 Å². The monoisotopic (exact) mass is 229 g/mol. The molecule has 1 N–H and O–H groups in total. The summed E-state index contributed by atoms with van der Waals surface area (Å²) in [5.41, 5.74) is 0.127. The normalized spacial score (nSPS) is 13.2. The fraction of sp³-hybridized carbons (Fsp3) is 0.500. The van der Waals surface area contributed by atoms with Gasteiger partial charge in [-0.25, -0.2) is 8.78 Å². The van der Waals surface area contributed by atoms with Crippen LogP contribution >= 0.6 is 0 Å². The molecule has 0 radical (unpaired) electrons. The number of hydrogen-bond acceptors (Lipinski definition) is 2. The van der Waals surface area contributed by atoms with Gasteiger partial charge >= 0.3 is 0 Å². The molecule has 0 aliphatic heterocycles. The molecule has 0 heterocycles. The summed E-state index contributed by atoms with van der Waals surface area (Å²) in [6.07, 6.45) is -0.785. The van der Waals surface area contributed by atoms with Crippen molar-refractivity contribution in [2.75, 3.05) is 20.6 Å². The SMILES string of the molecule is Cc1ccc(F)c(C(O)CCN(C)C)c1F. The van der Waals surface area contributed by atoms with E-state index >= 15 is 0 Å². The molecular weight excluding hydrogens is 212 g/mol. The standard InChI is InChI=1S/C12H17F2NO/c1-8-4-5-9(13)11(12(8)14)10(16)6-7-15(2)3/h4-5,10,16H,6-7H2,1-3H3. The highest BCUT2D eigenvalue weighted by molar-refractivity contribution is 5.28. The van der Waals surface area contributed by atoms with Crippen molar-refractivity contribution in [3.05, 3.63) is 34.9 Å². The van der Waals surface area contributed by atoms with Gasteiger partial charge in [0.2, 0.25) is 0 Å². The van der Waals surface area contributed by atoms with Gasteiger partial charge in [0.15, 0.2) is 0 Å². The highest BCUT2D eigenvalue weighted by Gasteiger charge is 2.19. The first kappa shape index (κ1) is 13.1. The summed E-state index contributed by atoms with van der Waals surface area (Å²) in [5, 5.41) is 9.75. The fourth-order valence-electron chi connectivity index (χ4n) is 1.51. The van der Waals surface area contributed by atoms with Crippen LogP contribution in [0.1, 0.15) is 23.7 Å². The van der Waals surface area contributed by atoms with Crippen LogP contribution in [-0.2, 0) is 0 Å². The summed E-state index contributed by atoms with van der Waals surface area (Å²) >= 11 is 0. The molecule has 16 heavy (non-hydrogen) atoms. The van der Waals surface area contributed by atoms with Crippen LogP contribution in [0.25, 0.3) is 0 Å². The van der Waals surface area contributed by atoms with Gasteiger partial charge in [-0.15, -0.1) is 0 Å². The molecule has 1 unspecified atom stereocenters. The van der Waals surface area contributed by atoms with E-state index in [1.807, 2.05) is 19.0 Å². The van der Waals surface area contributed by atoms with Crippen LogP contribution in [-0.4, -0.2) is 30.6 Å². The Kier molecular flexibility index (Phi) is 4.38. The van der Waals surface area contributed by atoms with E-state index in [1.54, 1.807) is 6.92 Å². The summed E-state index contributed by atoms with van der Waals surface area (Å²) in [6, 6.07) is 2.56. The largest absolute Gasteiger partial charge is 0.388 e. The number of aryl methyl sites for hydroxylation is 1. The van der Waals surface area contributed by atoms with Crippen molar-refractivity contribution in [2.45, 2.75) is 19.4 Å². The number of nitrogens with zero attached hydrogens (tertiary/aromatic N) is 1. The third-order valence-electron chi connectivity index (χ3n) is 2.50. The summed E-state index contributed by atoms with van der Waals surface area (Å²) in [5.74, 6) is -1.33. The first-order valence-corrected chi connectivity index (χ1v) is 5.20. The molecule has 0 saturated heterocycles. The van der Waals surface area contributed by atoms with Crippen LogP contribution in [0.2, 0.25) is 0 Å². The molecule has 2 nitrogen and oxygen atoms in total. The zero-order valence-corrected chi connectivity index (χ0v) is 9.80. The van der Waals surface area contributed by atoms with Crippen molar-refractivity contribution >= 4 is 0 Å². The van der Waals surface area contributed by atoms with E-state index in [0.29, 0.717) is 18.5 Å². The maximum absolute atomic E-state index is 13.6. The fourth-order valence-corrected chi connectivity index (χ4v) is 1.51. The van der Waals surface area contributed by atoms with Crippen LogP contribution in [0.5, 0.6) is 0 Å². The van der Waals surface area contributed by atoms with Crippen molar-refractivity contribution in [1.29, 1.82) is 0 Å². The lowest BCUT2D eigenvalue weighted by molar-refractivity contribution is 0.145. The van der Waals surface area contributed by atoms with Crippen LogP contribution in [0.3, 0.4) is 0 Å². The molecule has 1 aromatic rings. The third-order valence-corrected chi connectivity index (χ3v) is 2.50. The second-order valence-corrected chi connectivity index (χ2v) is 4.20. The van der Waals surface area contributed by atoms with Crippen LogP contribution in [0, 0.1) is 18.6 Å².